The van der Waals surface area contributed by atoms with Crippen LogP contribution in [0.2, 0.25) is 5.02 Å². The van der Waals surface area contributed by atoms with Crippen LogP contribution < -0.4 is 0 Å². The predicted octanol–water partition coefficient (Wildman–Crippen LogP) is 4.86. The second-order valence-corrected chi connectivity index (χ2v) is 7.32. The van der Waals surface area contributed by atoms with Crippen molar-refractivity contribution in [1.82, 2.24) is 0 Å². The molecule has 1 heterocycles. The highest BCUT2D eigenvalue weighted by atomic mass is 35.5. The van der Waals surface area contributed by atoms with Gasteiger partial charge in [-0.25, -0.2) is 0 Å². The highest BCUT2D eigenvalue weighted by Gasteiger charge is 2.25. The quantitative estimate of drug-likeness (QED) is 0.627. The van der Waals surface area contributed by atoms with E-state index in [0.29, 0.717) is 12.3 Å². The van der Waals surface area contributed by atoms with Gasteiger partial charge in [-0.05, 0) is 42.0 Å². The number of hydrogen-bond donors (Lipinski definition) is 1. The highest BCUT2D eigenvalue weighted by Crippen LogP contribution is 2.36. The summed E-state index contributed by atoms with van der Waals surface area (Å²) in [7, 11) is 0. The van der Waals surface area contributed by atoms with Crippen molar-refractivity contribution in [2.24, 2.45) is 0 Å². The van der Waals surface area contributed by atoms with Crippen LogP contribution >= 0.6 is 11.6 Å². The Morgan fingerprint density at radius 3 is 2.62 bits per heavy atom. The van der Waals surface area contributed by atoms with E-state index in [1.807, 2.05) is 24.3 Å². The molecule has 0 amide bonds. The lowest BCUT2D eigenvalue weighted by Crippen LogP contribution is -2.31. The topological polar surface area (TPSA) is 46.5 Å². The minimum Gasteiger partial charge on any atom is -0.458 e. The molecule has 3 rings (SSSR count). The molecule has 2 aliphatic rings. The summed E-state index contributed by atoms with van der Waals surface area (Å²) in [5, 5.41) is 10.5. The minimum atomic E-state index is -0.617. The maximum absolute atomic E-state index is 11.5. The van der Waals surface area contributed by atoms with Gasteiger partial charge in [0.25, 0.3) is 0 Å². The van der Waals surface area contributed by atoms with E-state index in [-0.39, 0.29) is 18.5 Å². The van der Waals surface area contributed by atoms with E-state index in [1.54, 1.807) is 0 Å². The van der Waals surface area contributed by atoms with Crippen molar-refractivity contribution < 1.29 is 14.6 Å². The Morgan fingerprint density at radius 2 is 1.92 bits per heavy atom. The van der Waals surface area contributed by atoms with Gasteiger partial charge in [0.15, 0.2) is 0 Å². The molecule has 1 aliphatic heterocycles. The van der Waals surface area contributed by atoms with Crippen LogP contribution in [0.3, 0.4) is 0 Å². The van der Waals surface area contributed by atoms with Crippen molar-refractivity contribution in [2.75, 3.05) is 0 Å². The van der Waals surface area contributed by atoms with Crippen LogP contribution in [0.25, 0.3) is 6.08 Å². The van der Waals surface area contributed by atoms with E-state index < -0.39 is 6.10 Å². The Bertz CT molecular complexity index is 603. The van der Waals surface area contributed by atoms with Gasteiger partial charge in [0, 0.05) is 11.4 Å². The summed E-state index contributed by atoms with van der Waals surface area (Å²) in [6, 6.07) is 6.09. The zero-order valence-corrected chi connectivity index (χ0v) is 14.7. The maximum atomic E-state index is 11.5. The number of aliphatic hydroxyl groups is 1. The van der Waals surface area contributed by atoms with Gasteiger partial charge in [-0.15, -0.1) is 0 Å². The third-order valence-corrected chi connectivity index (χ3v) is 5.38. The molecule has 3 nitrogen and oxygen atoms in total. The lowest BCUT2D eigenvalue weighted by molar-refractivity contribution is -0.156. The lowest BCUT2D eigenvalue weighted by atomic mass is 9.88. The summed E-state index contributed by atoms with van der Waals surface area (Å²) in [4.78, 5) is 11.5. The van der Waals surface area contributed by atoms with Crippen LogP contribution in [0.15, 0.2) is 24.3 Å². The summed E-state index contributed by atoms with van der Waals surface area (Å²) < 4.78 is 5.29. The van der Waals surface area contributed by atoms with Crippen LogP contribution in [-0.2, 0) is 9.53 Å². The van der Waals surface area contributed by atoms with Crippen molar-refractivity contribution in [3.63, 3.8) is 0 Å². The summed E-state index contributed by atoms with van der Waals surface area (Å²) in [6.45, 7) is 0. The van der Waals surface area contributed by atoms with Crippen LogP contribution in [-0.4, -0.2) is 23.3 Å². The average molecular weight is 349 g/mol. The van der Waals surface area contributed by atoms with Gasteiger partial charge in [0.05, 0.1) is 12.5 Å². The summed E-state index contributed by atoms with van der Waals surface area (Å²) in [5.41, 5.74) is 2.32. The molecule has 0 radical (unpaired) electrons. The molecule has 4 heteroatoms. The van der Waals surface area contributed by atoms with E-state index in [1.165, 1.54) is 44.1 Å². The summed E-state index contributed by atoms with van der Waals surface area (Å²) in [6.07, 6.45) is 11.0. The number of cyclic esters (lactones) is 1. The van der Waals surface area contributed by atoms with Crippen molar-refractivity contribution in [1.29, 1.82) is 0 Å². The Balaban J connectivity index is 1.81. The molecule has 24 heavy (non-hydrogen) atoms. The summed E-state index contributed by atoms with van der Waals surface area (Å²) in [5.74, 6) is 0.205. The first kappa shape index (κ1) is 17.5. The Labute approximate surface area is 148 Å². The molecule has 1 N–H and O–H groups in total. The van der Waals surface area contributed by atoms with Crippen LogP contribution in [0, 0.1) is 0 Å². The van der Waals surface area contributed by atoms with Crippen molar-refractivity contribution in [3.8, 4) is 0 Å². The molecule has 2 fully saturated rings. The van der Waals surface area contributed by atoms with Crippen LogP contribution in [0.4, 0.5) is 0 Å². The molecule has 1 aromatic rings. The normalized spacial score (nSPS) is 26.3. The monoisotopic (exact) mass is 348 g/mol. The van der Waals surface area contributed by atoms with Crippen molar-refractivity contribution >= 4 is 23.6 Å². The Kier molecular flexibility index (Phi) is 5.96. The fraction of sp³-hybridized carbons (Fsp3) is 0.550. The standard InChI is InChI=1S/C20H25ClO3/c21-19-9-5-8-17(14-6-3-1-2-4-7-14)18(19)11-10-16-12-15(22)13-20(23)24-16/h5,8-11,14-16,22H,1-4,6-7,12-13H2/b11-10+. The Hall–Kier alpha value is -1.32. The molecule has 0 spiro atoms. The first-order valence-corrected chi connectivity index (χ1v) is 9.35. The number of carbonyl (C=O) groups excluding carboxylic acids is 1. The second-order valence-electron chi connectivity index (χ2n) is 6.91. The third kappa shape index (κ3) is 4.40. The van der Waals surface area contributed by atoms with Crippen LogP contribution in [0.5, 0.6) is 0 Å². The molecular weight excluding hydrogens is 324 g/mol. The first-order chi connectivity index (χ1) is 11.6. The van der Waals surface area contributed by atoms with Crippen molar-refractivity contribution in [3.05, 3.63) is 40.4 Å². The van der Waals surface area contributed by atoms with Gasteiger partial charge in [0.2, 0.25) is 0 Å². The van der Waals surface area contributed by atoms with Gasteiger partial charge in [-0.1, -0.05) is 55.5 Å². The number of rotatable bonds is 3. The molecule has 1 aromatic carbocycles. The number of benzene rings is 1. The molecule has 1 aliphatic carbocycles. The van der Waals surface area contributed by atoms with Gasteiger partial charge in [0.1, 0.15) is 6.10 Å². The highest BCUT2D eigenvalue weighted by molar-refractivity contribution is 6.32. The van der Waals surface area contributed by atoms with Gasteiger partial charge >= 0.3 is 5.97 Å². The first-order valence-electron chi connectivity index (χ1n) is 8.97. The van der Waals surface area contributed by atoms with Gasteiger partial charge in [-0.2, -0.15) is 0 Å². The maximum Gasteiger partial charge on any atom is 0.309 e. The average Bonchev–Trinajstić information content (AvgIpc) is 2.82. The smallest absolute Gasteiger partial charge is 0.309 e. The van der Waals surface area contributed by atoms with E-state index in [2.05, 4.69) is 6.07 Å². The second kappa shape index (κ2) is 8.17. The fourth-order valence-corrected chi connectivity index (χ4v) is 4.05. The number of halogens is 1. The van der Waals surface area contributed by atoms with E-state index in [4.69, 9.17) is 16.3 Å². The molecule has 0 bridgehead atoms. The SMILES string of the molecule is O=C1CC(O)CC(/C=C/c2c(Cl)cccc2C2CCCCCC2)O1. The van der Waals surface area contributed by atoms with E-state index in [9.17, 15) is 9.90 Å². The lowest BCUT2D eigenvalue weighted by Gasteiger charge is -2.24. The van der Waals surface area contributed by atoms with Crippen LogP contribution in [0.1, 0.15) is 68.4 Å². The molecule has 1 saturated heterocycles. The number of aliphatic hydroxyl groups excluding tert-OH is 1. The molecule has 0 aromatic heterocycles. The zero-order chi connectivity index (χ0) is 16.9. The number of ether oxygens (including phenoxy) is 1. The third-order valence-electron chi connectivity index (χ3n) is 5.05. The summed E-state index contributed by atoms with van der Waals surface area (Å²) >= 11 is 6.46. The molecule has 1 saturated carbocycles. The number of carbonyl (C=O) groups is 1. The predicted molar refractivity (Wildman–Crippen MR) is 96.0 cm³/mol. The Morgan fingerprint density at radius 1 is 1.17 bits per heavy atom. The molecule has 2 atom stereocenters. The zero-order valence-electron chi connectivity index (χ0n) is 13.9. The molecular formula is C20H25ClO3. The van der Waals surface area contributed by atoms with Gasteiger partial charge < -0.3 is 9.84 Å². The molecule has 2 unspecified atom stereocenters. The molecule has 130 valence electrons. The number of esters is 1. The fourth-order valence-electron chi connectivity index (χ4n) is 3.81. The van der Waals surface area contributed by atoms with E-state index >= 15 is 0 Å². The van der Waals surface area contributed by atoms with Crippen molar-refractivity contribution in [2.45, 2.75) is 69.5 Å². The largest absolute Gasteiger partial charge is 0.458 e. The van der Waals surface area contributed by atoms with Gasteiger partial charge in [-0.3, -0.25) is 4.79 Å². The van der Waals surface area contributed by atoms with E-state index in [0.717, 1.165) is 10.6 Å². The number of hydrogen-bond acceptors (Lipinski definition) is 3. The minimum absolute atomic E-state index is 0.0871.